The van der Waals surface area contributed by atoms with Crippen molar-refractivity contribution in [2.24, 2.45) is 5.92 Å². The number of nitrogens with two attached hydrogens (primary N) is 1. The highest BCUT2D eigenvalue weighted by atomic mass is 79.9. The van der Waals surface area contributed by atoms with Crippen LogP contribution in [-0.2, 0) is 4.79 Å². The fourth-order valence-electron chi connectivity index (χ4n) is 2.62. The minimum atomic E-state index is -1.16. The normalized spacial score (nSPS) is 25.3. The molecule has 0 unspecified atom stereocenters. The van der Waals surface area contributed by atoms with Crippen LogP contribution in [-0.4, -0.2) is 22.5 Å². The topological polar surface area (TPSA) is 92.4 Å². The molecule has 114 valence electrons. The van der Waals surface area contributed by atoms with E-state index >= 15 is 0 Å². The third-order valence-electron chi connectivity index (χ3n) is 4.15. The van der Waals surface area contributed by atoms with Gasteiger partial charge in [-0.05, 0) is 65.7 Å². The van der Waals surface area contributed by atoms with E-state index in [0.29, 0.717) is 34.5 Å². The van der Waals surface area contributed by atoms with Gasteiger partial charge in [-0.25, -0.2) is 4.79 Å². The van der Waals surface area contributed by atoms with Crippen LogP contribution in [0.25, 0.3) is 0 Å². The number of hydrogen-bond acceptors (Lipinski definition) is 3. The average molecular weight is 355 g/mol. The lowest BCUT2D eigenvalue weighted by Gasteiger charge is -2.36. The van der Waals surface area contributed by atoms with Crippen LogP contribution in [0.5, 0.6) is 0 Å². The van der Waals surface area contributed by atoms with Gasteiger partial charge in [0.25, 0.3) is 5.91 Å². The molecule has 4 N–H and O–H groups in total. The molecule has 1 aromatic rings. The van der Waals surface area contributed by atoms with E-state index in [1.165, 1.54) is 0 Å². The minimum absolute atomic E-state index is 0.370. The molecule has 0 aromatic heterocycles. The first-order valence-corrected chi connectivity index (χ1v) is 7.74. The van der Waals surface area contributed by atoms with E-state index in [2.05, 4.69) is 28.2 Å². The molecule has 1 aliphatic rings. The van der Waals surface area contributed by atoms with E-state index in [-0.39, 0.29) is 0 Å². The first-order valence-electron chi connectivity index (χ1n) is 6.95. The summed E-state index contributed by atoms with van der Waals surface area (Å²) in [4.78, 5) is 23.9. The second kappa shape index (κ2) is 6.05. The van der Waals surface area contributed by atoms with E-state index in [9.17, 15) is 14.7 Å². The second-order valence-corrected chi connectivity index (χ2v) is 6.61. The number of halogens is 1. The number of carboxylic acid groups (broad SMARTS) is 1. The van der Waals surface area contributed by atoms with E-state index in [4.69, 9.17) is 5.73 Å². The van der Waals surface area contributed by atoms with Crippen LogP contribution >= 0.6 is 15.9 Å². The van der Waals surface area contributed by atoms with Gasteiger partial charge in [0.15, 0.2) is 0 Å². The van der Waals surface area contributed by atoms with E-state index < -0.39 is 17.4 Å². The van der Waals surface area contributed by atoms with Crippen LogP contribution in [0.2, 0.25) is 0 Å². The third kappa shape index (κ3) is 3.37. The number of carbonyl (C=O) groups excluding carboxylic acids is 1. The van der Waals surface area contributed by atoms with Gasteiger partial charge in [0, 0.05) is 15.7 Å². The molecule has 0 aliphatic heterocycles. The Balaban J connectivity index is 2.19. The lowest BCUT2D eigenvalue weighted by Crippen LogP contribution is -2.56. The number of benzene rings is 1. The zero-order valence-electron chi connectivity index (χ0n) is 11.9. The van der Waals surface area contributed by atoms with Crippen molar-refractivity contribution >= 4 is 33.5 Å². The Morgan fingerprint density at radius 1 is 1.38 bits per heavy atom. The van der Waals surface area contributed by atoms with E-state index in [1.807, 2.05) is 0 Å². The molecule has 2 rings (SSSR count). The molecule has 0 saturated heterocycles. The minimum Gasteiger partial charge on any atom is -0.480 e. The van der Waals surface area contributed by atoms with Crippen molar-refractivity contribution in [3.8, 4) is 0 Å². The summed E-state index contributed by atoms with van der Waals surface area (Å²) in [6, 6.07) is 4.85. The van der Waals surface area contributed by atoms with Crippen molar-refractivity contribution in [2.75, 3.05) is 5.73 Å². The quantitative estimate of drug-likeness (QED) is 0.727. The Morgan fingerprint density at radius 3 is 2.52 bits per heavy atom. The zero-order valence-corrected chi connectivity index (χ0v) is 13.4. The number of anilines is 1. The van der Waals surface area contributed by atoms with Crippen molar-refractivity contribution in [1.29, 1.82) is 0 Å². The molecular formula is C15H19BrN2O3. The number of carboxylic acids is 1. The predicted octanol–water partition coefficient (Wildman–Crippen LogP) is 2.79. The summed E-state index contributed by atoms with van der Waals surface area (Å²) in [5.74, 6) is -0.864. The monoisotopic (exact) mass is 354 g/mol. The number of amides is 1. The molecule has 5 nitrogen and oxygen atoms in total. The average Bonchev–Trinajstić information content (AvgIpc) is 2.44. The number of hydrogen-bond donors (Lipinski definition) is 3. The molecular weight excluding hydrogens is 336 g/mol. The van der Waals surface area contributed by atoms with Crippen LogP contribution in [0.1, 0.15) is 43.0 Å². The molecule has 1 fully saturated rings. The highest BCUT2D eigenvalue weighted by molar-refractivity contribution is 9.10. The maximum absolute atomic E-state index is 12.3. The maximum Gasteiger partial charge on any atom is 0.329 e. The van der Waals surface area contributed by atoms with Crippen molar-refractivity contribution in [3.63, 3.8) is 0 Å². The first-order chi connectivity index (χ1) is 9.84. The summed E-state index contributed by atoms with van der Waals surface area (Å²) in [5, 5.41) is 12.2. The molecule has 0 heterocycles. The number of rotatable bonds is 3. The molecule has 1 saturated carbocycles. The second-order valence-electron chi connectivity index (χ2n) is 5.76. The Bertz CT molecular complexity index is 566. The molecule has 0 radical (unpaired) electrons. The van der Waals surface area contributed by atoms with Crippen molar-refractivity contribution < 1.29 is 14.7 Å². The van der Waals surface area contributed by atoms with Gasteiger partial charge in [0.2, 0.25) is 0 Å². The Hall–Kier alpha value is -1.56. The lowest BCUT2D eigenvalue weighted by atomic mass is 9.77. The van der Waals surface area contributed by atoms with Crippen LogP contribution in [0.4, 0.5) is 5.69 Å². The molecule has 0 spiro atoms. The molecule has 0 bridgehead atoms. The van der Waals surface area contributed by atoms with Gasteiger partial charge in [-0.15, -0.1) is 0 Å². The zero-order chi connectivity index (χ0) is 15.6. The van der Waals surface area contributed by atoms with Gasteiger partial charge in [0.1, 0.15) is 5.54 Å². The molecule has 0 atom stereocenters. The molecule has 1 aromatic carbocycles. The van der Waals surface area contributed by atoms with Gasteiger partial charge in [-0.3, -0.25) is 4.79 Å². The maximum atomic E-state index is 12.3. The van der Waals surface area contributed by atoms with Crippen molar-refractivity contribution in [1.82, 2.24) is 5.32 Å². The van der Waals surface area contributed by atoms with Gasteiger partial charge < -0.3 is 16.2 Å². The lowest BCUT2D eigenvalue weighted by molar-refractivity contribution is -0.146. The number of aliphatic carboxylic acids is 1. The van der Waals surface area contributed by atoms with Gasteiger partial charge in [0.05, 0.1) is 0 Å². The Kier molecular flexibility index (Phi) is 4.56. The summed E-state index contributed by atoms with van der Waals surface area (Å²) >= 11 is 3.27. The highest BCUT2D eigenvalue weighted by Gasteiger charge is 2.42. The number of nitrogens with one attached hydrogen (secondary N) is 1. The molecule has 21 heavy (non-hydrogen) atoms. The highest BCUT2D eigenvalue weighted by Crippen LogP contribution is 2.32. The molecule has 1 amide bonds. The molecule has 6 heteroatoms. The first kappa shape index (κ1) is 15.8. The Labute approximate surface area is 132 Å². The Morgan fingerprint density at radius 2 is 2.00 bits per heavy atom. The van der Waals surface area contributed by atoms with Gasteiger partial charge in [-0.1, -0.05) is 6.92 Å². The summed E-state index contributed by atoms with van der Waals surface area (Å²) in [6.07, 6.45) is 2.52. The summed E-state index contributed by atoms with van der Waals surface area (Å²) < 4.78 is 0.707. The van der Waals surface area contributed by atoms with Crippen molar-refractivity contribution in [2.45, 2.75) is 38.1 Å². The predicted molar refractivity (Wildman–Crippen MR) is 84.0 cm³/mol. The van der Waals surface area contributed by atoms with Gasteiger partial charge >= 0.3 is 5.97 Å². The van der Waals surface area contributed by atoms with Crippen LogP contribution in [0.3, 0.4) is 0 Å². The van der Waals surface area contributed by atoms with Crippen molar-refractivity contribution in [3.05, 3.63) is 28.2 Å². The van der Waals surface area contributed by atoms with Crippen LogP contribution < -0.4 is 11.1 Å². The number of carbonyl (C=O) groups is 2. The standard InChI is InChI=1S/C15H19BrN2O3/c1-9-4-6-15(7-5-9,14(20)21)18-13(19)10-2-3-11(16)12(17)8-10/h2-3,8-9H,4-7,17H2,1H3,(H,18,19)(H,20,21). The van der Waals surface area contributed by atoms with E-state index in [1.54, 1.807) is 18.2 Å². The van der Waals surface area contributed by atoms with Gasteiger partial charge in [-0.2, -0.15) is 0 Å². The SMILES string of the molecule is CC1CCC(NC(=O)c2ccc(Br)c(N)c2)(C(=O)O)CC1. The smallest absolute Gasteiger partial charge is 0.329 e. The molecule has 1 aliphatic carbocycles. The van der Waals surface area contributed by atoms with Crippen LogP contribution in [0.15, 0.2) is 22.7 Å². The number of nitrogen functional groups attached to an aromatic ring is 1. The fourth-order valence-corrected chi connectivity index (χ4v) is 2.87. The summed E-state index contributed by atoms with van der Waals surface area (Å²) in [6.45, 7) is 2.10. The van der Waals surface area contributed by atoms with E-state index in [0.717, 1.165) is 12.8 Å². The fraction of sp³-hybridized carbons (Fsp3) is 0.467. The third-order valence-corrected chi connectivity index (χ3v) is 4.87. The summed E-state index contributed by atoms with van der Waals surface area (Å²) in [7, 11) is 0. The van der Waals surface area contributed by atoms with Crippen LogP contribution in [0, 0.1) is 5.92 Å². The largest absolute Gasteiger partial charge is 0.480 e. The summed E-state index contributed by atoms with van der Waals surface area (Å²) in [5.41, 5.74) is 5.42.